The molecule has 3 amide bonds. The molecule has 8 nitrogen and oxygen atoms in total. The van der Waals surface area contributed by atoms with E-state index in [-0.39, 0.29) is 36.0 Å². The van der Waals surface area contributed by atoms with Crippen molar-refractivity contribution in [1.29, 1.82) is 0 Å². The summed E-state index contributed by atoms with van der Waals surface area (Å²) in [5.74, 6) is -0.362. The molecule has 0 radical (unpaired) electrons. The van der Waals surface area contributed by atoms with E-state index in [0.717, 1.165) is 4.90 Å². The number of methoxy groups -OCH3 is 1. The van der Waals surface area contributed by atoms with Crippen molar-refractivity contribution in [2.45, 2.75) is 18.3 Å². The molecule has 0 spiro atoms. The molecule has 3 aromatic rings. The lowest BCUT2D eigenvalue weighted by atomic mass is 9.93. The van der Waals surface area contributed by atoms with Crippen molar-refractivity contribution in [3.8, 4) is 11.5 Å². The van der Waals surface area contributed by atoms with Gasteiger partial charge in [0, 0.05) is 29.2 Å². The van der Waals surface area contributed by atoms with Crippen LogP contribution in [0.2, 0.25) is 10.0 Å². The molecule has 3 aromatic carbocycles. The Morgan fingerprint density at radius 2 is 1.67 bits per heavy atom. The summed E-state index contributed by atoms with van der Waals surface area (Å²) in [6, 6.07) is 15.8. The van der Waals surface area contributed by atoms with Crippen molar-refractivity contribution in [2.24, 2.45) is 4.99 Å². The zero-order valence-electron chi connectivity index (χ0n) is 22.2. The van der Waals surface area contributed by atoms with Gasteiger partial charge in [-0.1, -0.05) is 47.5 Å². The molecular weight excluding hydrogens is 596 g/mol. The summed E-state index contributed by atoms with van der Waals surface area (Å²) >= 11 is 12.3. The number of ether oxygens (including phenoxy) is 2. The second-order valence-corrected chi connectivity index (χ2v) is 10.5. The highest BCUT2D eigenvalue weighted by atomic mass is 35.5. The molecule has 42 heavy (non-hydrogen) atoms. The van der Waals surface area contributed by atoms with E-state index >= 15 is 0 Å². The lowest BCUT2D eigenvalue weighted by molar-refractivity contribution is -0.153. The second kappa shape index (κ2) is 12.2. The maximum atomic E-state index is 14.3. The largest absolute Gasteiger partial charge is 0.497 e. The molecule has 0 saturated carbocycles. The second-order valence-electron chi connectivity index (χ2n) is 9.59. The minimum absolute atomic E-state index is 0.0334. The van der Waals surface area contributed by atoms with Gasteiger partial charge < -0.3 is 14.8 Å². The summed E-state index contributed by atoms with van der Waals surface area (Å²) in [5.41, 5.74) is 1.44. The van der Waals surface area contributed by atoms with Crippen LogP contribution in [0.25, 0.3) is 0 Å². The van der Waals surface area contributed by atoms with Crippen LogP contribution >= 0.6 is 23.2 Å². The molecule has 1 N–H and O–H groups in total. The number of carbonyl (C=O) groups excluding carboxylic acids is 2. The Balaban J connectivity index is 1.70. The summed E-state index contributed by atoms with van der Waals surface area (Å²) in [6.07, 6.45) is -4.63. The fraction of sp³-hybridized carbons (Fsp3) is 0.276. The Hall–Kier alpha value is -3.80. The number of piperazine rings is 1. The number of carbonyl (C=O) groups is 2. The van der Waals surface area contributed by atoms with Crippen molar-refractivity contribution in [1.82, 2.24) is 15.1 Å². The number of hydrogen-bond acceptors (Lipinski definition) is 6. The molecule has 0 aromatic heterocycles. The average Bonchev–Trinajstić information content (AvgIpc) is 3.36. The molecule has 2 aliphatic heterocycles. The first-order valence-corrected chi connectivity index (χ1v) is 13.6. The van der Waals surface area contributed by atoms with E-state index in [0.29, 0.717) is 27.7 Å². The third-order valence-corrected chi connectivity index (χ3v) is 7.34. The predicted molar refractivity (Wildman–Crippen MR) is 151 cm³/mol. The zero-order chi connectivity index (χ0) is 30.0. The highest BCUT2D eigenvalue weighted by molar-refractivity contribution is 6.30. The van der Waals surface area contributed by atoms with Crippen LogP contribution in [0.3, 0.4) is 0 Å². The third-order valence-electron chi connectivity index (χ3n) is 6.84. The van der Waals surface area contributed by atoms with Crippen molar-refractivity contribution in [3.63, 3.8) is 0 Å². The van der Waals surface area contributed by atoms with Gasteiger partial charge in [-0.3, -0.25) is 19.6 Å². The van der Waals surface area contributed by atoms with Crippen LogP contribution in [0.15, 0.2) is 71.7 Å². The quantitative estimate of drug-likeness (QED) is 0.363. The van der Waals surface area contributed by atoms with E-state index < -0.39 is 36.8 Å². The molecule has 2 unspecified atom stereocenters. The zero-order valence-corrected chi connectivity index (χ0v) is 23.7. The van der Waals surface area contributed by atoms with Crippen LogP contribution in [0.1, 0.15) is 28.8 Å². The van der Waals surface area contributed by atoms with Gasteiger partial charge in [0.25, 0.3) is 0 Å². The van der Waals surface area contributed by atoms with Gasteiger partial charge in [0.15, 0.2) is 6.61 Å². The van der Waals surface area contributed by atoms with Gasteiger partial charge in [-0.05, 0) is 47.5 Å². The number of urea groups is 1. The normalized spacial score (nSPS) is 19.1. The standard InChI is InChI=1S/C29H25Cl2F3N4O4/c1-41-21-10-11-22(23(14-21)42-16-29(32,33)34)27-36-25(17-2-6-19(30)7-3-17)26(18-4-8-20(31)9-5-18)38(27)28(40)37-13-12-35-15-24(37)39/h2-11,14,25-26,35H,12-13,15-16H2,1H3. The van der Waals surface area contributed by atoms with E-state index in [1.165, 1.54) is 30.2 Å². The number of nitrogens with zero attached hydrogens (tertiary/aromatic N) is 3. The van der Waals surface area contributed by atoms with Crippen molar-refractivity contribution in [2.75, 3.05) is 33.4 Å². The van der Waals surface area contributed by atoms with Crippen LogP contribution in [0.5, 0.6) is 11.5 Å². The molecule has 13 heteroatoms. The monoisotopic (exact) mass is 620 g/mol. The van der Waals surface area contributed by atoms with Crippen LogP contribution in [-0.4, -0.2) is 67.1 Å². The first-order chi connectivity index (χ1) is 20.1. The van der Waals surface area contributed by atoms with Gasteiger partial charge in [0.2, 0.25) is 5.91 Å². The Labute approximate surface area is 249 Å². The smallest absolute Gasteiger partial charge is 0.422 e. The van der Waals surface area contributed by atoms with Gasteiger partial charge in [-0.25, -0.2) is 4.79 Å². The first-order valence-electron chi connectivity index (χ1n) is 12.9. The SMILES string of the molecule is COc1ccc(C2=NC(c3ccc(Cl)cc3)C(c3ccc(Cl)cc3)N2C(=O)N2CCNCC2=O)c(OCC(F)(F)F)c1. The highest BCUT2D eigenvalue weighted by Crippen LogP contribution is 2.46. The minimum atomic E-state index is -4.63. The van der Waals surface area contributed by atoms with E-state index in [4.69, 9.17) is 37.7 Å². The first kappa shape index (κ1) is 29.7. The highest BCUT2D eigenvalue weighted by Gasteiger charge is 2.46. The average molecular weight is 621 g/mol. The summed E-state index contributed by atoms with van der Waals surface area (Å²) in [7, 11) is 1.37. The fourth-order valence-electron chi connectivity index (χ4n) is 4.89. The van der Waals surface area contributed by atoms with Crippen molar-refractivity contribution in [3.05, 3.63) is 93.5 Å². The molecule has 1 saturated heterocycles. The number of benzene rings is 3. The molecular formula is C29H25Cl2F3N4O4. The predicted octanol–water partition coefficient (Wildman–Crippen LogP) is 6.04. The number of halogens is 5. The van der Waals surface area contributed by atoms with E-state index in [9.17, 15) is 22.8 Å². The van der Waals surface area contributed by atoms with Gasteiger partial charge in [-0.15, -0.1) is 0 Å². The van der Waals surface area contributed by atoms with Gasteiger partial charge in [-0.2, -0.15) is 13.2 Å². The molecule has 220 valence electrons. The van der Waals surface area contributed by atoms with Gasteiger partial charge in [0.1, 0.15) is 23.4 Å². The molecule has 0 aliphatic carbocycles. The van der Waals surface area contributed by atoms with Crippen LogP contribution in [0, 0.1) is 0 Å². The number of hydrogen-bond donors (Lipinski definition) is 1. The number of nitrogens with one attached hydrogen (secondary N) is 1. The Bertz CT molecular complexity index is 1500. The molecule has 2 heterocycles. The molecule has 0 bridgehead atoms. The molecule has 1 fully saturated rings. The molecule has 5 rings (SSSR count). The number of imide groups is 1. The number of rotatable bonds is 6. The van der Waals surface area contributed by atoms with E-state index in [1.54, 1.807) is 48.5 Å². The third kappa shape index (κ3) is 6.33. The molecule has 2 atom stereocenters. The number of amidine groups is 1. The lowest BCUT2D eigenvalue weighted by Gasteiger charge is -2.35. The summed E-state index contributed by atoms with van der Waals surface area (Å²) in [4.78, 5) is 34.5. The van der Waals surface area contributed by atoms with Gasteiger partial charge >= 0.3 is 12.2 Å². The van der Waals surface area contributed by atoms with Crippen LogP contribution in [-0.2, 0) is 4.79 Å². The summed E-state index contributed by atoms with van der Waals surface area (Å²) in [6.45, 7) is -1.14. The van der Waals surface area contributed by atoms with Crippen LogP contribution < -0.4 is 14.8 Å². The Morgan fingerprint density at radius 3 is 2.26 bits per heavy atom. The summed E-state index contributed by atoms with van der Waals surface area (Å²) < 4.78 is 50.1. The Morgan fingerprint density at radius 1 is 1.02 bits per heavy atom. The lowest BCUT2D eigenvalue weighted by Crippen LogP contribution is -2.56. The van der Waals surface area contributed by atoms with E-state index in [2.05, 4.69) is 5.32 Å². The van der Waals surface area contributed by atoms with Crippen LogP contribution in [0.4, 0.5) is 18.0 Å². The van der Waals surface area contributed by atoms with Crippen molar-refractivity contribution >= 4 is 41.0 Å². The topological polar surface area (TPSA) is 83.5 Å². The van der Waals surface area contributed by atoms with E-state index in [1.807, 2.05) is 0 Å². The Kier molecular flexibility index (Phi) is 8.63. The van der Waals surface area contributed by atoms with Crippen molar-refractivity contribution < 1.29 is 32.2 Å². The number of alkyl halides is 3. The number of amides is 3. The maximum Gasteiger partial charge on any atom is 0.422 e. The fourth-order valence-corrected chi connectivity index (χ4v) is 5.14. The maximum absolute atomic E-state index is 14.3. The number of aliphatic imine (C=N–C) groups is 1. The van der Waals surface area contributed by atoms with Gasteiger partial charge in [0.05, 0.1) is 25.3 Å². The molecule has 2 aliphatic rings. The minimum Gasteiger partial charge on any atom is -0.497 e. The summed E-state index contributed by atoms with van der Waals surface area (Å²) in [5, 5.41) is 3.89.